The number of carbonyl (C=O) groups excluding carboxylic acids is 1. The molecule has 150 valence electrons. The van der Waals surface area contributed by atoms with E-state index in [9.17, 15) is 13.2 Å². The number of sulfonamides is 1. The fourth-order valence-electron chi connectivity index (χ4n) is 2.95. The smallest absolute Gasteiger partial charge is 0.243 e. The van der Waals surface area contributed by atoms with Gasteiger partial charge in [0.15, 0.2) is 0 Å². The number of hydrogen-bond acceptors (Lipinski definition) is 7. The van der Waals surface area contributed by atoms with Gasteiger partial charge >= 0.3 is 0 Å². The van der Waals surface area contributed by atoms with Crippen LogP contribution in [0, 0.1) is 0 Å². The van der Waals surface area contributed by atoms with Gasteiger partial charge in [0.2, 0.25) is 21.9 Å². The Morgan fingerprint density at radius 1 is 1.07 bits per heavy atom. The molecule has 1 aromatic heterocycles. The second-order valence-electron chi connectivity index (χ2n) is 6.71. The fourth-order valence-corrected chi connectivity index (χ4v) is 4.37. The molecular formula is C18H24N6O3S. The van der Waals surface area contributed by atoms with Crippen LogP contribution < -0.4 is 15.1 Å². The second kappa shape index (κ2) is 8.11. The molecule has 9 nitrogen and oxygen atoms in total. The van der Waals surface area contributed by atoms with Gasteiger partial charge in [-0.25, -0.2) is 13.4 Å². The Balaban J connectivity index is 1.68. The number of rotatable bonds is 5. The molecule has 1 saturated heterocycles. The average Bonchev–Trinajstić information content (AvgIpc) is 2.68. The molecule has 1 aliphatic heterocycles. The van der Waals surface area contributed by atoms with Gasteiger partial charge in [0.05, 0.1) is 4.90 Å². The maximum atomic E-state index is 12.9. The van der Waals surface area contributed by atoms with Crippen LogP contribution in [0.4, 0.5) is 17.5 Å². The van der Waals surface area contributed by atoms with Crippen molar-refractivity contribution in [3.05, 3.63) is 36.5 Å². The Bertz CT molecular complexity index is 938. The standard InChI is InChI=1S/C18H24N6O3S/c1-14(25)20-15-4-6-16(7-5-15)28(26,27)24-12-10-23(11-13-24)17-8-9-19-18(21-17)22(2)3/h4-9H,10-13H2,1-3H3,(H,20,25). The molecule has 1 aromatic carbocycles. The summed E-state index contributed by atoms with van der Waals surface area (Å²) in [5.41, 5.74) is 0.566. The lowest BCUT2D eigenvalue weighted by atomic mass is 10.3. The van der Waals surface area contributed by atoms with Crippen LogP contribution in [0.2, 0.25) is 0 Å². The first-order valence-electron chi connectivity index (χ1n) is 8.90. The van der Waals surface area contributed by atoms with Crippen LogP contribution in [0.25, 0.3) is 0 Å². The van der Waals surface area contributed by atoms with E-state index in [2.05, 4.69) is 20.2 Å². The zero-order valence-corrected chi connectivity index (χ0v) is 17.0. The summed E-state index contributed by atoms with van der Waals surface area (Å²) in [4.78, 5) is 23.9. The zero-order valence-electron chi connectivity index (χ0n) is 16.2. The molecule has 0 unspecified atom stereocenters. The Hall–Kier alpha value is -2.72. The predicted molar refractivity (Wildman–Crippen MR) is 108 cm³/mol. The molecule has 1 N–H and O–H groups in total. The van der Waals surface area contributed by atoms with Crippen LogP contribution in [0.5, 0.6) is 0 Å². The number of aromatic nitrogens is 2. The number of hydrogen-bond donors (Lipinski definition) is 1. The van der Waals surface area contributed by atoms with Crippen molar-refractivity contribution in [1.82, 2.24) is 14.3 Å². The largest absolute Gasteiger partial charge is 0.354 e. The lowest BCUT2D eigenvalue weighted by molar-refractivity contribution is -0.114. The van der Waals surface area contributed by atoms with E-state index >= 15 is 0 Å². The van der Waals surface area contributed by atoms with Crippen molar-refractivity contribution in [1.29, 1.82) is 0 Å². The van der Waals surface area contributed by atoms with Gasteiger partial charge in [0, 0.05) is 59.1 Å². The summed E-state index contributed by atoms with van der Waals surface area (Å²) >= 11 is 0. The van der Waals surface area contributed by atoms with Crippen LogP contribution in [-0.2, 0) is 14.8 Å². The van der Waals surface area contributed by atoms with Crippen molar-refractivity contribution in [2.24, 2.45) is 0 Å². The minimum absolute atomic E-state index is 0.200. The molecule has 2 aromatic rings. The molecule has 0 atom stereocenters. The van der Waals surface area contributed by atoms with Crippen molar-refractivity contribution in [3.8, 4) is 0 Å². The second-order valence-corrected chi connectivity index (χ2v) is 8.64. The monoisotopic (exact) mass is 404 g/mol. The average molecular weight is 404 g/mol. The van der Waals surface area contributed by atoms with Gasteiger partial charge < -0.3 is 15.1 Å². The lowest BCUT2D eigenvalue weighted by Gasteiger charge is -2.34. The maximum Gasteiger partial charge on any atom is 0.243 e. The van der Waals surface area contributed by atoms with Crippen molar-refractivity contribution < 1.29 is 13.2 Å². The van der Waals surface area contributed by atoms with Gasteiger partial charge in [0.1, 0.15) is 5.82 Å². The van der Waals surface area contributed by atoms with E-state index in [4.69, 9.17) is 0 Å². The first-order valence-corrected chi connectivity index (χ1v) is 10.3. The summed E-state index contributed by atoms with van der Waals surface area (Å²) in [6.07, 6.45) is 1.71. The Kier molecular flexibility index (Phi) is 5.80. The van der Waals surface area contributed by atoms with E-state index in [1.54, 1.807) is 18.3 Å². The number of nitrogens with zero attached hydrogens (tertiary/aromatic N) is 5. The highest BCUT2D eigenvalue weighted by Gasteiger charge is 2.29. The summed E-state index contributed by atoms with van der Waals surface area (Å²) < 4.78 is 27.3. The molecule has 0 radical (unpaired) electrons. The van der Waals surface area contributed by atoms with Gasteiger partial charge in [0.25, 0.3) is 0 Å². The molecule has 10 heteroatoms. The molecule has 0 saturated carbocycles. The number of anilines is 3. The van der Waals surface area contributed by atoms with Crippen molar-refractivity contribution in [3.63, 3.8) is 0 Å². The SMILES string of the molecule is CC(=O)Nc1ccc(S(=O)(=O)N2CCN(c3ccnc(N(C)C)n3)CC2)cc1. The van der Waals surface area contributed by atoms with E-state index in [-0.39, 0.29) is 10.8 Å². The Labute approximate surface area is 165 Å². The van der Waals surface area contributed by atoms with E-state index < -0.39 is 10.0 Å². The van der Waals surface area contributed by atoms with Gasteiger partial charge in [-0.05, 0) is 30.3 Å². The summed E-state index contributed by atoms with van der Waals surface area (Å²) in [7, 11) is 0.170. The van der Waals surface area contributed by atoms with E-state index in [1.807, 2.05) is 25.1 Å². The number of benzene rings is 1. The highest BCUT2D eigenvalue weighted by atomic mass is 32.2. The Morgan fingerprint density at radius 3 is 2.29 bits per heavy atom. The molecule has 0 spiro atoms. The number of piperazine rings is 1. The van der Waals surface area contributed by atoms with Crippen LogP contribution >= 0.6 is 0 Å². The zero-order chi connectivity index (χ0) is 20.3. The molecule has 3 rings (SSSR count). The van der Waals surface area contributed by atoms with E-state index in [1.165, 1.54) is 23.4 Å². The normalized spacial score (nSPS) is 15.3. The highest BCUT2D eigenvalue weighted by molar-refractivity contribution is 7.89. The third-order valence-electron chi connectivity index (χ3n) is 4.40. The summed E-state index contributed by atoms with van der Waals surface area (Å²) in [5.74, 6) is 1.20. The van der Waals surface area contributed by atoms with Gasteiger partial charge in [-0.15, -0.1) is 0 Å². The molecule has 2 heterocycles. The van der Waals surface area contributed by atoms with Crippen LogP contribution in [-0.4, -0.2) is 68.9 Å². The summed E-state index contributed by atoms with van der Waals surface area (Å²) in [5, 5.41) is 2.63. The summed E-state index contributed by atoms with van der Waals surface area (Å²) in [6, 6.07) is 8.04. The molecular weight excluding hydrogens is 380 g/mol. The third kappa shape index (κ3) is 4.39. The number of nitrogens with one attached hydrogen (secondary N) is 1. The van der Waals surface area contributed by atoms with Crippen LogP contribution in [0.1, 0.15) is 6.92 Å². The van der Waals surface area contributed by atoms with Crippen molar-refractivity contribution in [2.45, 2.75) is 11.8 Å². The van der Waals surface area contributed by atoms with Gasteiger partial charge in [-0.2, -0.15) is 9.29 Å². The third-order valence-corrected chi connectivity index (χ3v) is 6.32. The number of amides is 1. The maximum absolute atomic E-state index is 12.9. The van der Waals surface area contributed by atoms with E-state index in [0.29, 0.717) is 37.8 Å². The van der Waals surface area contributed by atoms with Gasteiger partial charge in [-0.3, -0.25) is 4.79 Å². The van der Waals surface area contributed by atoms with Crippen LogP contribution in [0.3, 0.4) is 0 Å². The number of carbonyl (C=O) groups is 1. The van der Waals surface area contributed by atoms with Crippen molar-refractivity contribution >= 4 is 33.4 Å². The van der Waals surface area contributed by atoms with Crippen molar-refractivity contribution in [2.75, 3.05) is 55.4 Å². The molecule has 0 aliphatic carbocycles. The fraction of sp³-hybridized carbons (Fsp3) is 0.389. The molecule has 1 aliphatic rings. The molecule has 1 fully saturated rings. The predicted octanol–water partition coefficient (Wildman–Crippen LogP) is 1.01. The minimum atomic E-state index is -3.58. The van der Waals surface area contributed by atoms with E-state index in [0.717, 1.165) is 5.82 Å². The van der Waals surface area contributed by atoms with Crippen LogP contribution in [0.15, 0.2) is 41.4 Å². The lowest BCUT2D eigenvalue weighted by Crippen LogP contribution is -2.49. The first-order chi connectivity index (χ1) is 13.3. The first kappa shape index (κ1) is 20.0. The Morgan fingerprint density at radius 2 is 1.71 bits per heavy atom. The summed E-state index contributed by atoms with van der Waals surface area (Å²) in [6.45, 7) is 3.25. The molecule has 1 amide bonds. The molecule has 0 bridgehead atoms. The topological polar surface area (TPSA) is 98.7 Å². The minimum Gasteiger partial charge on any atom is -0.354 e. The highest BCUT2D eigenvalue weighted by Crippen LogP contribution is 2.22. The van der Waals surface area contributed by atoms with Gasteiger partial charge in [-0.1, -0.05) is 0 Å². The molecule has 28 heavy (non-hydrogen) atoms. The quantitative estimate of drug-likeness (QED) is 0.794.